The normalized spacial score (nSPS) is 25.8. The van der Waals surface area contributed by atoms with Gasteiger partial charge in [-0.05, 0) is 47.1 Å². The van der Waals surface area contributed by atoms with Crippen LogP contribution in [0, 0.1) is 6.92 Å². The van der Waals surface area contributed by atoms with Gasteiger partial charge in [-0.1, -0.05) is 28.1 Å². The van der Waals surface area contributed by atoms with Gasteiger partial charge >= 0.3 is 0 Å². The predicted octanol–water partition coefficient (Wildman–Crippen LogP) is 1.43. The summed E-state index contributed by atoms with van der Waals surface area (Å²) in [5, 5.41) is 43.3. The van der Waals surface area contributed by atoms with E-state index in [1.807, 2.05) is 6.07 Å². The molecule has 2 heterocycles. The molecule has 9 nitrogen and oxygen atoms in total. The molecule has 5 unspecified atom stereocenters. The molecule has 5 atom stereocenters. The van der Waals surface area contributed by atoms with Crippen LogP contribution in [0.1, 0.15) is 5.82 Å². The molecule has 5 N–H and O–H groups in total. The Labute approximate surface area is 199 Å². The lowest BCUT2D eigenvalue weighted by atomic mass is 9.98. The fourth-order valence-electron chi connectivity index (χ4n) is 3.77. The highest BCUT2D eigenvalue weighted by molar-refractivity contribution is 9.11. The maximum absolute atomic E-state index is 13.4. The van der Waals surface area contributed by atoms with E-state index in [1.54, 1.807) is 37.3 Å². The molecule has 1 saturated heterocycles. The molecule has 4 rings (SSSR count). The summed E-state index contributed by atoms with van der Waals surface area (Å²) >= 11 is 6.84. The number of benzene rings is 2. The second kappa shape index (κ2) is 9.18. The Morgan fingerprint density at radius 2 is 1.84 bits per heavy atom. The van der Waals surface area contributed by atoms with Crippen molar-refractivity contribution in [2.75, 3.05) is 11.9 Å². The number of aryl methyl sites for hydroxylation is 1. The van der Waals surface area contributed by atoms with Gasteiger partial charge in [0.2, 0.25) is 0 Å². The van der Waals surface area contributed by atoms with Crippen LogP contribution < -0.4 is 10.9 Å². The Morgan fingerprint density at radius 1 is 1.12 bits per heavy atom. The summed E-state index contributed by atoms with van der Waals surface area (Å²) in [6.07, 6.45) is -6.65. The smallest absolute Gasteiger partial charge is 0.266 e. The Morgan fingerprint density at radius 3 is 2.56 bits per heavy atom. The lowest BCUT2D eigenvalue weighted by molar-refractivity contribution is -0.221. The van der Waals surface area contributed by atoms with Gasteiger partial charge in [0.1, 0.15) is 30.2 Å². The summed E-state index contributed by atoms with van der Waals surface area (Å²) < 4.78 is 8.39. The van der Waals surface area contributed by atoms with Crippen molar-refractivity contribution in [2.24, 2.45) is 0 Å². The second-order valence-electron chi connectivity index (χ2n) is 7.49. The molecule has 0 bridgehead atoms. The Hall–Kier alpha value is -1.86. The molecule has 1 fully saturated rings. The minimum absolute atomic E-state index is 0.294. The number of nitrogens with zero attached hydrogens (tertiary/aromatic N) is 2. The van der Waals surface area contributed by atoms with Crippen LogP contribution in [-0.4, -0.2) is 67.2 Å². The highest BCUT2D eigenvalue weighted by Crippen LogP contribution is 2.29. The summed E-state index contributed by atoms with van der Waals surface area (Å²) in [5.74, 6) is 0.438. The van der Waals surface area contributed by atoms with Crippen molar-refractivity contribution in [3.63, 3.8) is 0 Å². The van der Waals surface area contributed by atoms with Crippen molar-refractivity contribution in [1.29, 1.82) is 0 Å². The molecule has 0 aliphatic carbocycles. The van der Waals surface area contributed by atoms with Crippen molar-refractivity contribution in [3.8, 4) is 5.69 Å². The Balaban J connectivity index is 1.80. The largest absolute Gasteiger partial charge is 0.394 e. The molecule has 0 radical (unpaired) electrons. The molecule has 1 aliphatic heterocycles. The number of ether oxygens (including phenoxy) is 1. The lowest BCUT2D eigenvalue weighted by Gasteiger charge is -2.40. The van der Waals surface area contributed by atoms with E-state index in [0.29, 0.717) is 32.6 Å². The third kappa shape index (κ3) is 4.10. The minimum Gasteiger partial charge on any atom is -0.394 e. The zero-order valence-electron chi connectivity index (χ0n) is 16.8. The van der Waals surface area contributed by atoms with Gasteiger partial charge in [-0.25, -0.2) is 4.98 Å². The molecule has 0 amide bonds. The fraction of sp³-hybridized carbons (Fsp3) is 0.333. The number of hydrogen-bond donors (Lipinski definition) is 5. The minimum atomic E-state index is -1.52. The molecule has 2 aromatic carbocycles. The van der Waals surface area contributed by atoms with Crippen LogP contribution in [0.5, 0.6) is 0 Å². The van der Waals surface area contributed by atoms with Crippen molar-refractivity contribution < 1.29 is 25.2 Å². The first-order chi connectivity index (χ1) is 15.2. The van der Waals surface area contributed by atoms with Gasteiger partial charge in [0.15, 0.2) is 6.23 Å². The second-order valence-corrected chi connectivity index (χ2v) is 9.26. The number of halogens is 2. The molecular formula is C21H21Br2N3O6. The quantitative estimate of drug-likeness (QED) is 0.318. The summed E-state index contributed by atoms with van der Waals surface area (Å²) in [4.78, 5) is 18.0. The van der Waals surface area contributed by atoms with Crippen LogP contribution in [0.25, 0.3) is 16.6 Å². The molecular weight excluding hydrogens is 550 g/mol. The van der Waals surface area contributed by atoms with E-state index in [-0.39, 0.29) is 5.56 Å². The van der Waals surface area contributed by atoms with Crippen LogP contribution in [0.4, 0.5) is 5.69 Å². The third-order valence-electron chi connectivity index (χ3n) is 5.39. The molecule has 11 heteroatoms. The number of para-hydroxylation sites is 2. The highest BCUT2D eigenvalue weighted by atomic mass is 79.9. The van der Waals surface area contributed by atoms with E-state index >= 15 is 0 Å². The van der Waals surface area contributed by atoms with Gasteiger partial charge in [-0.2, -0.15) is 0 Å². The molecule has 170 valence electrons. The Bertz CT molecular complexity index is 1220. The van der Waals surface area contributed by atoms with Crippen molar-refractivity contribution in [3.05, 3.63) is 61.5 Å². The number of nitrogens with one attached hydrogen (secondary N) is 1. The maximum Gasteiger partial charge on any atom is 0.266 e. The van der Waals surface area contributed by atoms with Gasteiger partial charge in [0.05, 0.1) is 28.9 Å². The topological polar surface area (TPSA) is 137 Å². The van der Waals surface area contributed by atoms with E-state index in [4.69, 9.17) is 4.74 Å². The monoisotopic (exact) mass is 569 g/mol. The van der Waals surface area contributed by atoms with Gasteiger partial charge in [-0.15, -0.1) is 0 Å². The number of hydrogen-bond acceptors (Lipinski definition) is 8. The van der Waals surface area contributed by atoms with Crippen molar-refractivity contribution in [2.45, 2.75) is 37.6 Å². The van der Waals surface area contributed by atoms with Gasteiger partial charge < -0.3 is 30.5 Å². The third-order valence-corrected chi connectivity index (χ3v) is 6.46. The first kappa shape index (κ1) is 23.3. The zero-order valence-corrected chi connectivity index (χ0v) is 20.0. The molecule has 0 saturated carbocycles. The average Bonchev–Trinajstić information content (AvgIpc) is 2.76. The van der Waals surface area contributed by atoms with E-state index in [9.17, 15) is 25.2 Å². The van der Waals surface area contributed by atoms with Crippen LogP contribution in [0.15, 0.2) is 50.1 Å². The van der Waals surface area contributed by atoms with Crippen LogP contribution in [0.2, 0.25) is 0 Å². The lowest BCUT2D eigenvalue weighted by Crippen LogP contribution is -2.60. The summed E-state index contributed by atoms with van der Waals surface area (Å²) in [7, 11) is 0. The fourth-order valence-corrected chi connectivity index (χ4v) is 5.08. The van der Waals surface area contributed by atoms with E-state index in [0.717, 1.165) is 4.47 Å². The van der Waals surface area contributed by atoms with Gasteiger partial charge in [0.25, 0.3) is 5.56 Å². The maximum atomic E-state index is 13.4. The van der Waals surface area contributed by atoms with E-state index in [1.165, 1.54) is 4.57 Å². The van der Waals surface area contributed by atoms with Gasteiger partial charge in [0, 0.05) is 8.95 Å². The number of rotatable bonds is 4. The zero-order chi connectivity index (χ0) is 23.2. The number of aliphatic hydroxyl groups excluding tert-OH is 4. The SMILES string of the molecule is Cc1nc2c(Br)cc(Br)cc2c(=O)n1-c1ccccc1NC1OC(CO)C(O)C(O)C1O. The van der Waals surface area contributed by atoms with Crippen molar-refractivity contribution >= 4 is 48.5 Å². The molecule has 1 aliphatic rings. The summed E-state index contributed by atoms with van der Waals surface area (Å²) in [5.41, 5.74) is 1.12. The number of anilines is 1. The van der Waals surface area contributed by atoms with E-state index in [2.05, 4.69) is 42.2 Å². The average molecular weight is 571 g/mol. The first-order valence-electron chi connectivity index (χ1n) is 9.77. The van der Waals surface area contributed by atoms with Crippen LogP contribution in [-0.2, 0) is 4.74 Å². The Kier molecular flexibility index (Phi) is 6.68. The molecule has 32 heavy (non-hydrogen) atoms. The van der Waals surface area contributed by atoms with E-state index < -0.39 is 37.3 Å². The van der Waals surface area contributed by atoms with Crippen molar-refractivity contribution in [1.82, 2.24) is 9.55 Å². The molecule has 1 aromatic heterocycles. The van der Waals surface area contributed by atoms with Crippen LogP contribution in [0.3, 0.4) is 0 Å². The van der Waals surface area contributed by atoms with Crippen LogP contribution >= 0.6 is 31.9 Å². The highest BCUT2D eigenvalue weighted by Gasteiger charge is 2.43. The number of fused-ring (bicyclic) bond motifs is 1. The summed E-state index contributed by atoms with van der Waals surface area (Å²) in [6, 6.07) is 10.4. The molecule has 3 aromatic rings. The predicted molar refractivity (Wildman–Crippen MR) is 125 cm³/mol. The number of aromatic nitrogens is 2. The molecule has 0 spiro atoms. The standard InChI is InChI=1S/C21H21Br2N3O6/c1-9-24-16-11(6-10(22)7-12(16)23)21(31)26(9)14-5-3-2-4-13(14)25-20-19(30)18(29)17(28)15(8-27)32-20/h2-7,15,17-20,25,27-30H,8H2,1H3. The van der Waals surface area contributed by atoms with Gasteiger partial charge in [-0.3, -0.25) is 9.36 Å². The first-order valence-corrected chi connectivity index (χ1v) is 11.4. The summed E-state index contributed by atoms with van der Waals surface area (Å²) in [6.45, 7) is 1.17. The number of aliphatic hydroxyl groups is 4.